The highest BCUT2D eigenvalue weighted by Gasteiger charge is 2.15. The molecule has 0 aliphatic heterocycles. The molecule has 4 rings (SSSR count). The minimum Gasteiger partial charge on any atom is -0.265 e. The second-order valence-corrected chi connectivity index (χ2v) is 6.03. The quantitative estimate of drug-likeness (QED) is 0.464. The molecule has 0 amide bonds. The first-order valence-electron chi connectivity index (χ1n) is 8.46. The van der Waals surface area contributed by atoms with E-state index in [9.17, 15) is 5.26 Å². The largest absolute Gasteiger partial charge is 0.265 e. The first kappa shape index (κ1) is 15.8. The summed E-state index contributed by atoms with van der Waals surface area (Å²) in [6.07, 6.45) is 3.54. The molecule has 0 radical (unpaired) electrons. The topological polar surface area (TPSA) is 36.7 Å². The molecule has 3 aromatic carbocycles. The van der Waals surface area contributed by atoms with E-state index in [1.54, 1.807) is 12.4 Å². The van der Waals surface area contributed by atoms with Gasteiger partial charge in [-0.3, -0.25) is 4.98 Å². The fourth-order valence-electron chi connectivity index (χ4n) is 3.20. The third-order valence-electron chi connectivity index (χ3n) is 4.42. The molecule has 2 nitrogen and oxygen atoms in total. The van der Waals surface area contributed by atoms with Crippen LogP contribution in [-0.4, -0.2) is 4.98 Å². The van der Waals surface area contributed by atoms with E-state index in [0.29, 0.717) is 5.56 Å². The molecule has 0 fully saturated rings. The van der Waals surface area contributed by atoms with Gasteiger partial charge >= 0.3 is 0 Å². The molecule has 0 aliphatic rings. The maximum Gasteiger partial charge on any atom is 0.0998 e. The number of rotatable bonds is 3. The van der Waals surface area contributed by atoms with Gasteiger partial charge in [-0.1, -0.05) is 60.7 Å². The van der Waals surface area contributed by atoms with E-state index in [4.69, 9.17) is 0 Å². The van der Waals surface area contributed by atoms with Crippen molar-refractivity contribution in [1.29, 1.82) is 5.26 Å². The lowest BCUT2D eigenvalue weighted by molar-refractivity contribution is 1.33. The predicted molar refractivity (Wildman–Crippen MR) is 105 cm³/mol. The maximum atomic E-state index is 9.86. The summed E-state index contributed by atoms with van der Waals surface area (Å²) in [4.78, 5) is 4.09. The molecule has 0 saturated carbocycles. The maximum absolute atomic E-state index is 9.86. The molecule has 0 bridgehead atoms. The summed E-state index contributed by atoms with van der Waals surface area (Å²) in [5.74, 6) is 0. The first-order chi connectivity index (χ1) is 12.9. The minimum absolute atomic E-state index is 0.671. The van der Waals surface area contributed by atoms with Crippen LogP contribution < -0.4 is 0 Å². The summed E-state index contributed by atoms with van der Waals surface area (Å²) in [7, 11) is 0. The third-order valence-corrected chi connectivity index (χ3v) is 4.42. The van der Waals surface area contributed by atoms with Gasteiger partial charge in [0.05, 0.1) is 11.6 Å². The van der Waals surface area contributed by atoms with Gasteiger partial charge in [0.2, 0.25) is 0 Å². The second-order valence-electron chi connectivity index (χ2n) is 6.03. The molecule has 1 heterocycles. The van der Waals surface area contributed by atoms with Crippen LogP contribution in [0, 0.1) is 11.3 Å². The van der Waals surface area contributed by atoms with E-state index >= 15 is 0 Å². The molecule has 0 atom stereocenters. The van der Waals surface area contributed by atoms with Crippen molar-refractivity contribution in [3.05, 3.63) is 103 Å². The Labute approximate surface area is 153 Å². The van der Waals surface area contributed by atoms with Crippen molar-refractivity contribution in [1.82, 2.24) is 4.98 Å². The number of aromatic nitrogens is 1. The van der Waals surface area contributed by atoms with Crippen LogP contribution in [-0.2, 0) is 0 Å². The molecule has 1 aromatic heterocycles. The van der Waals surface area contributed by atoms with Crippen molar-refractivity contribution in [2.45, 2.75) is 0 Å². The van der Waals surface area contributed by atoms with Crippen molar-refractivity contribution in [2.24, 2.45) is 0 Å². The first-order valence-corrected chi connectivity index (χ1v) is 8.46. The summed E-state index contributed by atoms with van der Waals surface area (Å²) in [6.45, 7) is 0. The lowest BCUT2D eigenvalue weighted by Crippen LogP contribution is -1.92. The van der Waals surface area contributed by atoms with E-state index in [-0.39, 0.29) is 0 Å². The van der Waals surface area contributed by atoms with Crippen LogP contribution in [0.25, 0.3) is 33.4 Å². The second kappa shape index (κ2) is 7.04. The van der Waals surface area contributed by atoms with Crippen LogP contribution in [0.5, 0.6) is 0 Å². The van der Waals surface area contributed by atoms with Crippen molar-refractivity contribution in [2.75, 3.05) is 0 Å². The summed E-state index contributed by atoms with van der Waals surface area (Å²) < 4.78 is 0. The molecule has 0 N–H and O–H groups in total. The van der Waals surface area contributed by atoms with E-state index in [2.05, 4.69) is 41.4 Å². The van der Waals surface area contributed by atoms with Gasteiger partial charge in [-0.15, -0.1) is 0 Å². The van der Waals surface area contributed by atoms with Crippen LogP contribution in [0.3, 0.4) is 0 Å². The van der Waals surface area contributed by atoms with Gasteiger partial charge in [-0.25, -0.2) is 0 Å². The zero-order valence-electron chi connectivity index (χ0n) is 14.1. The molecule has 0 spiro atoms. The van der Waals surface area contributed by atoms with Crippen LogP contribution in [0.4, 0.5) is 0 Å². The number of benzene rings is 3. The SMILES string of the molecule is N#Cc1cc(-c2ccncc2)cc(-c2ccccc2)c1-c1ccccc1. The van der Waals surface area contributed by atoms with Crippen molar-refractivity contribution >= 4 is 0 Å². The fraction of sp³-hybridized carbons (Fsp3) is 0. The molecule has 0 unspecified atom stereocenters. The molecular formula is C24H16N2. The highest BCUT2D eigenvalue weighted by Crippen LogP contribution is 2.38. The summed E-state index contributed by atoms with van der Waals surface area (Å²) in [6, 6.07) is 30.8. The number of nitriles is 1. The van der Waals surface area contributed by atoms with E-state index < -0.39 is 0 Å². The smallest absolute Gasteiger partial charge is 0.0998 e. The van der Waals surface area contributed by atoms with Gasteiger partial charge in [0, 0.05) is 18.0 Å². The highest BCUT2D eigenvalue weighted by atomic mass is 14.6. The van der Waals surface area contributed by atoms with Crippen LogP contribution in [0.1, 0.15) is 5.56 Å². The Balaban J connectivity index is 2.04. The van der Waals surface area contributed by atoms with Gasteiger partial charge in [0.15, 0.2) is 0 Å². The lowest BCUT2D eigenvalue weighted by atomic mass is 9.87. The van der Waals surface area contributed by atoms with Crippen LogP contribution in [0.15, 0.2) is 97.3 Å². The van der Waals surface area contributed by atoms with Crippen molar-refractivity contribution < 1.29 is 0 Å². The Kier molecular flexibility index (Phi) is 4.28. The van der Waals surface area contributed by atoms with Gasteiger partial charge in [0.25, 0.3) is 0 Å². The Morgan fingerprint density at radius 3 is 1.85 bits per heavy atom. The molecule has 26 heavy (non-hydrogen) atoms. The zero-order valence-corrected chi connectivity index (χ0v) is 14.1. The van der Waals surface area contributed by atoms with Gasteiger partial charge in [-0.2, -0.15) is 5.26 Å². The fourth-order valence-corrected chi connectivity index (χ4v) is 3.20. The van der Waals surface area contributed by atoms with E-state index in [1.807, 2.05) is 54.6 Å². The van der Waals surface area contributed by atoms with E-state index in [0.717, 1.165) is 33.4 Å². The average Bonchev–Trinajstić information content (AvgIpc) is 2.74. The number of hydrogen-bond donors (Lipinski definition) is 0. The van der Waals surface area contributed by atoms with Crippen molar-refractivity contribution in [3.8, 4) is 39.4 Å². The van der Waals surface area contributed by atoms with Gasteiger partial charge in [0.1, 0.15) is 0 Å². The normalized spacial score (nSPS) is 10.3. The molecule has 0 saturated heterocycles. The van der Waals surface area contributed by atoms with Crippen LogP contribution >= 0.6 is 0 Å². The summed E-state index contributed by atoms with van der Waals surface area (Å²) in [5, 5.41) is 9.86. The Morgan fingerprint density at radius 2 is 1.23 bits per heavy atom. The Hall–Kier alpha value is -3.70. The molecule has 2 heteroatoms. The summed E-state index contributed by atoms with van der Waals surface area (Å²) >= 11 is 0. The van der Waals surface area contributed by atoms with Crippen LogP contribution in [0.2, 0.25) is 0 Å². The molecule has 0 aliphatic carbocycles. The van der Waals surface area contributed by atoms with Crippen molar-refractivity contribution in [3.63, 3.8) is 0 Å². The molecule has 4 aromatic rings. The van der Waals surface area contributed by atoms with Gasteiger partial charge < -0.3 is 0 Å². The molecule has 122 valence electrons. The monoisotopic (exact) mass is 332 g/mol. The van der Waals surface area contributed by atoms with Gasteiger partial charge in [-0.05, 0) is 52.1 Å². The number of pyridine rings is 1. The molecular weight excluding hydrogens is 316 g/mol. The zero-order chi connectivity index (χ0) is 17.8. The Bertz CT molecular complexity index is 1060. The predicted octanol–water partition coefficient (Wildman–Crippen LogP) is 5.95. The van der Waals surface area contributed by atoms with E-state index in [1.165, 1.54) is 0 Å². The lowest BCUT2D eigenvalue weighted by Gasteiger charge is -2.15. The third kappa shape index (κ3) is 2.99. The standard InChI is InChI=1S/C24H16N2/c25-17-22-15-21(18-11-13-26-14-12-18)16-23(19-7-3-1-4-8-19)24(22)20-9-5-2-6-10-20/h1-16H. The highest BCUT2D eigenvalue weighted by molar-refractivity contribution is 5.90. The number of nitrogens with zero attached hydrogens (tertiary/aromatic N) is 2. The minimum atomic E-state index is 0.671. The average molecular weight is 332 g/mol. The Morgan fingerprint density at radius 1 is 0.615 bits per heavy atom. The summed E-state index contributed by atoms with van der Waals surface area (Å²) in [5.41, 5.74) is 6.91. The number of hydrogen-bond acceptors (Lipinski definition) is 2.